The average molecular weight is 250 g/mol. The molecule has 0 unspecified atom stereocenters. The number of amides is 1. The summed E-state index contributed by atoms with van der Waals surface area (Å²) in [7, 11) is 0. The molecule has 100 valence electrons. The molecule has 0 bridgehead atoms. The minimum Gasteiger partial charge on any atom is -0.364 e. The molecule has 1 aromatic rings. The topological polar surface area (TPSA) is 53.2 Å². The van der Waals surface area contributed by atoms with Crippen LogP contribution in [-0.4, -0.2) is 28.4 Å². The monoisotopic (exact) mass is 250 g/mol. The van der Waals surface area contributed by atoms with E-state index in [1.165, 1.54) is 12.3 Å². The van der Waals surface area contributed by atoms with Crippen molar-refractivity contribution >= 4 is 5.91 Å². The van der Waals surface area contributed by atoms with Gasteiger partial charge in [0.2, 0.25) is 0 Å². The van der Waals surface area contributed by atoms with Crippen molar-refractivity contribution < 1.29 is 4.79 Å². The maximum absolute atomic E-state index is 12.4. The van der Waals surface area contributed by atoms with Crippen LogP contribution in [0.15, 0.2) is 17.1 Å². The van der Waals surface area contributed by atoms with E-state index in [0.717, 1.165) is 5.69 Å². The predicted octanol–water partition coefficient (Wildman–Crippen LogP) is 2.19. The van der Waals surface area contributed by atoms with Gasteiger partial charge in [0.1, 0.15) is 5.56 Å². The van der Waals surface area contributed by atoms with Gasteiger partial charge >= 0.3 is 0 Å². The standard InChI is InChI=1S/C14H22N2O2/c1-9(2)8-16(10(3)4)14(18)12-7-15-11(5)6-13(12)17/h6-7,9-10H,8H2,1-5H3,(H,15,17). The summed E-state index contributed by atoms with van der Waals surface area (Å²) in [5, 5.41) is 0. The van der Waals surface area contributed by atoms with Crippen LogP contribution in [0.5, 0.6) is 0 Å². The average Bonchev–Trinajstić information content (AvgIpc) is 2.24. The molecule has 1 heterocycles. The molecule has 1 aromatic heterocycles. The van der Waals surface area contributed by atoms with Gasteiger partial charge in [-0.1, -0.05) is 13.8 Å². The Kier molecular flexibility index (Phi) is 4.70. The van der Waals surface area contributed by atoms with Crippen LogP contribution in [0, 0.1) is 12.8 Å². The van der Waals surface area contributed by atoms with Crippen molar-refractivity contribution in [3.05, 3.63) is 33.7 Å². The first kappa shape index (κ1) is 14.5. The first-order chi connectivity index (χ1) is 8.32. The quantitative estimate of drug-likeness (QED) is 0.890. The van der Waals surface area contributed by atoms with E-state index in [-0.39, 0.29) is 22.9 Å². The molecule has 1 rings (SSSR count). The first-order valence-electron chi connectivity index (χ1n) is 6.33. The zero-order valence-electron chi connectivity index (χ0n) is 11.8. The number of carbonyl (C=O) groups excluding carboxylic acids is 1. The second-order valence-electron chi connectivity index (χ2n) is 5.34. The highest BCUT2D eigenvalue weighted by Gasteiger charge is 2.21. The number of carbonyl (C=O) groups is 1. The molecule has 0 saturated heterocycles. The van der Waals surface area contributed by atoms with Crippen LogP contribution in [-0.2, 0) is 0 Å². The molecule has 0 aliphatic heterocycles. The molecule has 0 aliphatic rings. The lowest BCUT2D eigenvalue weighted by Crippen LogP contribution is -2.41. The zero-order valence-corrected chi connectivity index (χ0v) is 11.8. The Labute approximate surface area is 108 Å². The Bertz CT molecular complexity index is 475. The number of nitrogens with zero attached hydrogens (tertiary/aromatic N) is 1. The third-order valence-electron chi connectivity index (χ3n) is 2.73. The Balaban J connectivity index is 3.06. The van der Waals surface area contributed by atoms with Gasteiger partial charge in [0.15, 0.2) is 5.43 Å². The lowest BCUT2D eigenvalue weighted by atomic mass is 10.1. The number of nitrogens with one attached hydrogen (secondary N) is 1. The number of H-pyrrole nitrogens is 1. The summed E-state index contributed by atoms with van der Waals surface area (Å²) in [6.45, 7) is 10.5. The van der Waals surface area contributed by atoms with Crippen LogP contribution >= 0.6 is 0 Å². The van der Waals surface area contributed by atoms with Gasteiger partial charge in [-0.2, -0.15) is 0 Å². The van der Waals surface area contributed by atoms with Crippen molar-refractivity contribution in [2.45, 2.75) is 40.7 Å². The highest BCUT2D eigenvalue weighted by atomic mass is 16.2. The fraction of sp³-hybridized carbons (Fsp3) is 0.571. The van der Waals surface area contributed by atoms with E-state index in [9.17, 15) is 9.59 Å². The van der Waals surface area contributed by atoms with Gasteiger partial charge in [-0.05, 0) is 26.7 Å². The number of hydrogen-bond acceptors (Lipinski definition) is 2. The van der Waals surface area contributed by atoms with E-state index in [1.807, 2.05) is 13.8 Å². The summed E-state index contributed by atoms with van der Waals surface area (Å²) in [5.74, 6) is 0.181. The Morgan fingerprint density at radius 3 is 2.39 bits per heavy atom. The molecule has 0 fully saturated rings. The fourth-order valence-corrected chi connectivity index (χ4v) is 1.82. The third-order valence-corrected chi connectivity index (χ3v) is 2.73. The number of hydrogen-bond donors (Lipinski definition) is 1. The van der Waals surface area contributed by atoms with Gasteiger partial charge in [-0.25, -0.2) is 0 Å². The molecule has 1 amide bonds. The Morgan fingerprint density at radius 2 is 1.94 bits per heavy atom. The minimum atomic E-state index is -0.217. The molecule has 0 saturated carbocycles. The number of aromatic amines is 1. The van der Waals surface area contributed by atoms with E-state index < -0.39 is 0 Å². The predicted molar refractivity (Wildman–Crippen MR) is 72.8 cm³/mol. The maximum Gasteiger partial charge on any atom is 0.259 e. The van der Waals surface area contributed by atoms with E-state index >= 15 is 0 Å². The summed E-state index contributed by atoms with van der Waals surface area (Å²) in [4.78, 5) is 28.8. The van der Waals surface area contributed by atoms with Crippen LogP contribution in [0.1, 0.15) is 43.7 Å². The summed E-state index contributed by atoms with van der Waals surface area (Å²) in [6, 6.07) is 1.54. The van der Waals surface area contributed by atoms with Crippen LogP contribution in [0.2, 0.25) is 0 Å². The smallest absolute Gasteiger partial charge is 0.259 e. The van der Waals surface area contributed by atoms with Crippen molar-refractivity contribution in [2.75, 3.05) is 6.54 Å². The van der Waals surface area contributed by atoms with Crippen LogP contribution in [0.3, 0.4) is 0 Å². The van der Waals surface area contributed by atoms with Crippen LogP contribution in [0.4, 0.5) is 0 Å². The molecule has 0 radical (unpaired) electrons. The van der Waals surface area contributed by atoms with E-state index in [4.69, 9.17) is 0 Å². The van der Waals surface area contributed by atoms with Gasteiger partial charge < -0.3 is 9.88 Å². The Hall–Kier alpha value is -1.58. The molecule has 0 spiro atoms. The largest absolute Gasteiger partial charge is 0.364 e. The van der Waals surface area contributed by atoms with E-state index in [1.54, 1.807) is 11.8 Å². The first-order valence-corrected chi connectivity index (χ1v) is 6.33. The van der Waals surface area contributed by atoms with Crippen molar-refractivity contribution in [2.24, 2.45) is 5.92 Å². The number of aryl methyl sites for hydroxylation is 1. The van der Waals surface area contributed by atoms with Gasteiger partial charge in [0.05, 0.1) is 0 Å². The molecule has 4 heteroatoms. The molecular weight excluding hydrogens is 228 g/mol. The maximum atomic E-state index is 12.4. The third kappa shape index (κ3) is 3.45. The summed E-state index contributed by atoms with van der Waals surface area (Å²) < 4.78 is 0. The highest BCUT2D eigenvalue weighted by Crippen LogP contribution is 2.08. The van der Waals surface area contributed by atoms with Crippen LogP contribution < -0.4 is 5.43 Å². The molecule has 0 aliphatic carbocycles. The number of aromatic nitrogens is 1. The Morgan fingerprint density at radius 1 is 1.33 bits per heavy atom. The second kappa shape index (κ2) is 5.85. The zero-order chi connectivity index (χ0) is 13.9. The number of pyridine rings is 1. The second-order valence-corrected chi connectivity index (χ2v) is 5.34. The lowest BCUT2D eigenvalue weighted by Gasteiger charge is -2.28. The van der Waals surface area contributed by atoms with Crippen molar-refractivity contribution in [1.82, 2.24) is 9.88 Å². The molecule has 0 aromatic carbocycles. The minimum absolute atomic E-state index is 0.0839. The summed E-state index contributed by atoms with van der Waals surface area (Å²) in [6.07, 6.45) is 1.51. The van der Waals surface area contributed by atoms with E-state index in [0.29, 0.717) is 12.5 Å². The summed E-state index contributed by atoms with van der Waals surface area (Å²) >= 11 is 0. The molecule has 18 heavy (non-hydrogen) atoms. The van der Waals surface area contributed by atoms with Gasteiger partial charge in [-0.15, -0.1) is 0 Å². The number of rotatable bonds is 4. The lowest BCUT2D eigenvalue weighted by molar-refractivity contribution is 0.0680. The van der Waals surface area contributed by atoms with Gasteiger partial charge in [-0.3, -0.25) is 9.59 Å². The highest BCUT2D eigenvalue weighted by molar-refractivity contribution is 5.94. The molecule has 1 N–H and O–H groups in total. The SMILES string of the molecule is Cc1cc(=O)c(C(=O)N(CC(C)C)C(C)C)c[nH]1. The van der Waals surface area contributed by atoms with Crippen LogP contribution in [0.25, 0.3) is 0 Å². The molecule has 0 atom stereocenters. The fourth-order valence-electron chi connectivity index (χ4n) is 1.82. The van der Waals surface area contributed by atoms with Crippen molar-refractivity contribution in [3.63, 3.8) is 0 Å². The van der Waals surface area contributed by atoms with Gasteiger partial charge in [0, 0.05) is 30.5 Å². The normalized spacial score (nSPS) is 11.1. The van der Waals surface area contributed by atoms with E-state index in [2.05, 4.69) is 18.8 Å². The van der Waals surface area contributed by atoms with Gasteiger partial charge in [0.25, 0.3) is 5.91 Å². The summed E-state index contributed by atoms with van der Waals surface area (Å²) in [5.41, 5.74) is 0.761. The molecule has 4 nitrogen and oxygen atoms in total. The van der Waals surface area contributed by atoms with Crippen molar-refractivity contribution in [1.29, 1.82) is 0 Å². The van der Waals surface area contributed by atoms with Crippen molar-refractivity contribution in [3.8, 4) is 0 Å². The molecular formula is C14H22N2O2.